The molecule has 1 aliphatic heterocycles. The normalized spacial score (nSPS) is 25.7. The summed E-state index contributed by atoms with van der Waals surface area (Å²) in [6.07, 6.45) is 1.88. The molecule has 1 atom stereocenters. The average Bonchev–Trinajstić information content (AvgIpc) is 1.60. The van der Waals surface area contributed by atoms with Crippen molar-refractivity contribution in [3.63, 3.8) is 0 Å². The van der Waals surface area contributed by atoms with Crippen molar-refractivity contribution >= 4 is 5.91 Å². The second-order valence-electron chi connectivity index (χ2n) is 3.10. The summed E-state index contributed by atoms with van der Waals surface area (Å²) in [7, 11) is 0. The summed E-state index contributed by atoms with van der Waals surface area (Å²) in [6, 6.07) is 0.484. The highest BCUT2D eigenvalue weighted by Crippen LogP contribution is 2.13. The summed E-state index contributed by atoms with van der Waals surface area (Å²) in [6.45, 7) is 4.34. The molecule has 9 heavy (non-hydrogen) atoms. The van der Waals surface area contributed by atoms with Crippen LogP contribution in [0.5, 0.6) is 0 Å². The number of amides is 1. The Hall–Kier alpha value is -0.530. The summed E-state index contributed by atoms with van der Waals surface area (Å²) in [5.41, 5.74) is 0. The summed E-state index contributed by atoms with van der Waals surface area (Å²) in [5.74, 6) is 0.913. The standard InChI is InChI=1S/C7H13NO/c1-5(2)3-6-4-7(9)8-6/h5-6H,3-4H2,1-2H3,(H,8,9)/t6-/m0/s1. The maximum atomic E-state index is 10.4. The number of rotatable bonds is 2. The van der Waals surface area contributed by atoms with Crippen molar-refractivity contribution in [3.05, 3.63) is 0 Å². The monoisotopic (exact) mass is 127 g/mol. The zero-order valence-electron chi connectivity index (χ0n) is 5.98. The van der Waals surface area contributed by atoms with Crippen molar-refractivity contribution in [2.75, 3.05) is 0 Å². The minimum Gasteiger partial charge on any atom is -0.353 e. The fourth-order valence-corrected chi connectivity index (χ4v) is 1.14. The van der Waals surface area contributed by atoms with Gasteiger partial charge in [0.25, 0.3) is 0 Å². The van der Waals surface area contributed by atoms with Gasteiger partial charge in [-0.25, -0.2) is 0 Å². The summed E-state index contributed by atoms with van der Waals surface area (Å²) in [4.78, 5) is 10.4. The maximum absolute atomic E-state index is 10.4. The second kappa shape index (κ2) is 2.38. The third-order valence-corrected chi connectivity index (χ3v) is 1.55. The Morgan fingerprint density at radius 1 is 1.78 bits per heavy atom. The number of hydrogen-bond acceptors (Lipinski definition) is 1. The Balaban J connectivity index is 2.11. The maximum Gasteiger partial charge on any atom is 0.222 e. The van der Waals surface area contributed by atoms with Crippen molar-refractivity contribution in [2.24, 2.45) is 5.92 Å². The van der Waals surface area contributed by atoms with Crippen LogP contribution >= 0.6 is 0 Å². The van der Waals surface area contributed by atoms with Gasteiger partial charge in [0, 0.05) is 12.5 Å². The predicted octanol–water partition coefficient (Wildman–Crippen LogP) is 0.921. The van der Waals surface area contributed by atoms with Crippen molar-refractivity contribution in [1.82, 2.24) is 5.32 Å². The minimum absolute atomic E-state index is 0.209. The van der Waals surface area contributed by atoms with E-state index < -0.39 is 0 Å². The quantitative estimate of drug-likeness (QED) is 0.549. The van der Waals surface area contributed by atoms with Gasteiger partial charge in [-0.1, -0.05) is 13.8 Å². The van der Waals surface area contributed by atoms with Crippen LogP contribution in [0.15, 0.2) is 0 Å². The Labute approximate surface area is 55.6 Å². The van der Waals surface area contributed by atoms with Crippen LogP contribution in [0.3, 0.4) is 0 Å². The Morgan fingerprint density at radius 3 is 2.67 bits per heavy atom. The number of nitrogens with one attached hydrogen (secondary N) is 1. The molecule has 2 heteroatoms. The molecule has 0 bridgehead atoms. The van der Waals surface area contributed by atoms with Crippen LogP contribution in [0.25, 0.3) is 0 Å². The molecule has 1 rings (SSSR count). The minimum atomic E-state index is 0.209. The number of hydrogen-bond donors (Lipinski definition) is 1. The van der Waals surface area contributed by atoms with E-state index in [1.807, 2.05) is 0 Å². The van der Waals surface area contributed by atoms with Gasteiger partial charge in [0.1, 0.15) is 0 Å². The molecule has 0 aliphatic carbocycles. The van der Waals surface area contributed by atoms with Gasteiger partial charge >= 0.3 is 0 Å². The molecule has 0 aromatic heterocycles. The highest BCUT2D eigenvalue weighted by Gasteiger charge is 2.24. The Morgan fingerprint density at radius 2 is 2.33 bits per heavy atom. The van der Waals surface area contributed by atoms with Gasteiger partial charge in [0.15, 0.2) is 0 Å². The third-order valence-electron chi connectivity index (χ3n) is 1.55. The van der Waals surface area contributed by atoms with Gasteiger partial charge in [-0.05, 0) is 12.3 Å². The van der Waals surface area contributed by atoms with E-state index in [0.29, 0.717) is 12.0 Å². The van der Waals surface area contributed by atoms with Gasteiger partial charge in [-0.3, -0.25) is 4.79 Å². The topological polar surface area (TPSA) is 29.1 Å². The molecule has 0 unspecified atom stereocenters. The molecule has 0 radical (unpaired) electrons. The van der Waals surface area contributed by atoms with Crippen LogP contribution in [-0.4, -0.2) is 11.9 Å². The fourth-order valence-electron chi connectivity index (χ4n) is 1.14. The third kappa shape index (κ3) is 1.70. The molecule has 0 spiro atoms. The van der Waals surface area contributed by atoms with Crippen LogP contribution in [0, 0.1) is 5.92 Å². The SMILES string of the molecule is CC(C)C[C@H]1CC(=O)N1. The summed E-state index contributed by atoms with van der Waals surface area (Å²) >= 11 is 0. The van der Waals surface area contributed by atoms with Crippen LogP contribution in [0.1, 0.15) is 26.7 Å². The molecule has 52 valence electrons. The lowest BCUT2D eigenvalue weighted by molar-refractivity contribution is -0.128. The smallest absolute Gasteiger partial charge is 0.222 e. The molecule has 0 aromatic carbocycles. The van der Waals surface area contributed by atoms with Crippen LogP contribution < -0.4 is 5.32 Å². The molecular formula is C7H13NO. The molecule has 1 amide bonds. The first-order chi connectivity index (χ1) is 4.18. The molecule has 0 saturated carbocycles. The number of carbonyl (C=O) groups is 1. The van der Waals surface area contributed by atoms with E-state index in [9.17, 15) is 4.79 Å². The molecule has 0 aromatic rings. The zero-order chi connectivity index (χ0) is 6.85. The number of carbonyl (C=O) groups excluding carboxylic acids is 1. The lowest BCUT2D eigenvalue weighted by Crippen LogP contribution is -2.48. The fraction of sp³-hybridized carbons (Fsp3) is 0.857. The first-order valence-corrected chi connectivity index (χ1v) is 3.48. The predicted molar refractivity (Wildman–Crippen MR) is 36.0 cm³/mol. The zero-order valence-corrected chi connectivity index (χ0v) is 5.98. The van der Waals surface area contributed by atoms with Gasteiger partial charge in [0.05, 0.1) is 0 Å². The van der Waals surface area contributed by atoms with Crippen LogP contribution in [-0.2, 0) is 4.79 Å². The van der Waals surface area contributed by atoms with E-state index in [1.54, 1.807) is 0 Å². The van der Waals surface area contributed by atoms with Crippen molar-refractivity contribution < 1.29 is 4.79 Å². The van der Waals surface area contributed by atoms with Crippen LogP contribution in [0.2, 0.25) is 0 Å². The molecule has 1 aliphatic rings. The first-order valence-electron chi connectivity index (χ1n) is 3.48. The highest BCUT2D eigenvalue weighted by molar-refractivity contribution is 5.82. The second-order valence-corrected chi connectivity index (χ2v) is 3.10. The largest absolute Gasteiger partial charge is 0.353 e. The molecule has 2 nitrogen and oxygen atoms in total. The van der Waals surface area contributed by atoms with E-state index in [-0.39, 0.29) is 5.91 Å². The average molecular weight is 127 g/mol. The van der Waals surface area contributed by atoms with Gasteiger partial charge in [0.2, 0.25) is 5.91 Å². The molecule has 1 N–H and O–H groups in total. The Bertz CT molecular complexity index is 112. The summed E-state index contributed by atoms with van der Waals surface area (Å²) < 4.78 is 0. The van der Waals surface area contributed by atoms with Crippen LogP contribution in [0.4, 0.5) is 0 Å². The lowest BCUT2D eigenvalue weighted by atomic mass is 9.96. The van der Waals surface area contributed by atoms with E-state index in [1.165, 1.54) is 0 Å². The molecular weight excluding hydrogens is 114 g/mol. The Kier molecular flexibility index (Phi) is 1.74. The van der Waals surface area contributed by atoms with Gasteiger partial charge in [-0.2, -0.15) is 0 Å². The van der Waals surface area contributed by atoms with Crippen molar-refractivity contribution in [3.8, 4) is 0 Å². The summed E-state index contributed by atoms with van der Waals surface area (Å²) in [5, 5.41) is 2.84. The molecule has 1 heterocycles. The van der Waals surface area contributed by atoms with Gasteiger partial charge in [-0.15, -0.1) is 0 Å². The van der Waals surface area contributed by atoms with E-state index in [0.717, 1.165) is 12.8 Å². The lowest BCUT2D eigenvalue weighted by Gasteiger charge is -2.28. The van der Waals surface area contributed by atoms with Crippen molar-refractivity contribution in [1.29, 1.82) is 0 Å². The first kappa shape index (κ1) is 6.59. The van der Waals surface area contributed by atoms with Gasteiger partial charge < -0.3 is 5.32 Å². The van der Waals surface area contributed by atoms with Crippen molar-refractivity contribution in [2.45, 2.75) is 32.7 Å². The molecule has 1 saturated heterocycles. The molecule has 1 fully saturated rings. The highest BCUT2D eigenvalue weighted by atomic mass is 16.2. The van der Waals surface area contributed by atoms with E-state index in [2.05, 4.69) is 19.2 Å². The van der Waals surface area contributed by atoms with E-state index >= 15 is 0 Å². The van der Waals surface area contributed by atoms with E-state index in [4.69, 9.17) is 0 Å². The number of β-lactam (4-membered cyclic amide) rings is 1.